The van der Waals surface area contributed by atoms with Crippen molar-refractivity contribution in [3.63, 3.8) is 0 Å². The number of hydrogen-bond acceptors (Lipinski definition) is 2. The largest absolute Gasteiger partial charge is 0.385 e. The van der Waals surface area contributed by atoms with Gasteiger partial charge < -0.3 is 10.8 Å². The van der Waals surface area contributed by atoms with E-state index in [4.69, 9.17) is 5.73 Å². The molecule has 0 spiro atoms. The molecule has 3 N–H and O–H groups in total. The van der Waals surface area contributed by atoms with Crippen LogP contribution in [0, 0.1) is 19.3 Å². The maximum atomic E-state index is 11.1. The summed E-state index contributed by atoms with van der Waals surface area (Å²) in [6.45, 7) is 6.67. The molecule has 1 aliphatic carbocycles. The Morgan fingerprint density at radius 2 is 1.67 bits per heavy atom. The molecule has 0 aliphatic heterocycles. The van der Waals surface area contributed by atoms with E-state index in [1.54, 1.807) is 0 Å². The van der Waals surface area contributed by atoms with Gasteiger partial charge in [0.05, 0.1) is 5.60 Å². The minimum absolute atomic E-state index is 0.146. The lowest BCUT2D eigenvalue weighted by Gasteiger charge is -2.43. The van der Waals surface area contributed by atoms with Gasteiger partial charge in [-0.1, -0.05) is 42.2 Å². The average molecular weight is 247 g/mol. The van der Waals surface area contributed by atoms with Crippen molar-refractivity contribution in [2.45, 2.75) is 52.1 Å². The molecule has 0 radical (unpaired) electrons. The van der Waals surface area contributed by atoms with Crippen LogP contribution in [0.4, 0.5) is 0 Å². The standard InChI is InChI=1S/C16H25NO/c1-12-8-13(2)10-14(9-12)15(3,18)16(11-17)6-4-5-7-16/h8-10,18H,4-7,11,17H2,1-3H3. The molecule has 1 aliphatic rings. The van der Waals surface area contributed by atoms with Crippen molar-refractivity contribution < 1.29 is 5.11 Å². The van der Waals surface area contributed by atoms with Gasteiger partial charge in [-0.2, -0.15) is 0 Å². The van der Waals surface area contributed by atoms with Gasteiger partial charge in [-0.3, -0.25) is 0 Å². The van der Waals surface area contributed by atoms with E-state index in [-0.39, 0.29) is 5.41 Å². The number of aryl methyl sites for hydroxylation is 2. The second kappa shape index (κ2) is 4.67. The van der Waals surface area contributed by atoms with E-state index in [1.165, 1.54) is 24.0 Å². The van der Waals surface area contributed by atoms with E-state index in [0.29, 0.717) is 6.54 Å². The minimum Gasteiger partial charge on any atom is -0.385 e. The zero-order chi connectivity index (χ0) is 13.4. The number of benzene rings is 1. The molecule has 1 aromatic rings. The van der Waals surface area contributed by atoms with Gasteiger partial charge in [0.1, 0.15) is 0 Å². The lowest BCUT2D eigenvalue weighted by Crippen LogP contribution is -2.46. The van der Waals surface area contributed by atoms with E-state index in [0.717, 1.165) is 18.4 Å². The third kappa shape index (κ3) is 2.08. The lowest BCUT2D eigenvalue weighted by molar-refractivity contribution is -0.0694. The summed E-state index contributed by atoms with van der Waals surface area (Å²) >= 11 is 0. The summed E-state index contributed by atoms with van der Waals surface area (Å²) in [6.07, 6.45) is 4.42. The number of nitrogens with two attached hydrogens (primary N) is 1. The van der Waals surface area contributed by atoms with Gasteiger partial charge in [-0.25, -0.2) is 0 Å². The molecule has 18 heavy (non-hydrogen) atoms. The number of hydrogen-bond donors (Lipinski definition) is 2. The maximum absolute atomic E-state index is 11.1. The van der Waals surface area contributed by atoms with Gasteiger partial charge in [-0.15, -0.1) is 0 Å². The molecule has 0 heterocycles. The maximum Gasteiger partial charge on any atom is 0.0936 e. The second-order valence-electron chi connectivity index (χ2n) is 6.14. The first-order valence-electron chi connectivity index (χ1n) is 6.92. The van der Waals surface area contributed by atoms with Gasteiger partial charge in [0.15, 0.2) is 0 Å². The molecule has 1 aromatic carbocycles. The van der Waals surface area contributed by atoms with Crippen molar-refractivity contribution in [3.05, 3.63) is 34.9 Å². The zero-order valence-electron chi connectivity index (χ0n) is 11.8. The van der Waals surface area contributed by atoms with Crippen molar-refractivity contribution >= 4 is 0 Å². The monoisotopic (exact) mass is 247 g/mol. The summed E-state index contributed by atoms with van der Waals surface area (Å²) in [4.78, 5) is 0. The molecule has 2 heteroatoms. The fraction of sp³-hybridized carbons (Fsp3) is 0.625. The van der Waals surface area contributed by atoms with Gasteiger partial charge in [0, 0.05) is 12.0 Å². The summed E-state index contributed by atoms with van der Waals surface area (Å²) in [5, 5.41) is 11.1. The zero-order valence-corrected chi connectivity index (χ0v) is 11.8. The van der Waals surface area contributed by atoms with Crippen molar-refractivity contribution in [1.82, 2.24) is 0 Å². The van der Waals surface area contributed by atoms with Crippen LogP contribution in [-0.4, -0.2) is 11.7 Å². The summed E-state index contributed by atoms with van der Waals surface area (Å²) in [5.41, 5.74) is 8.47. The Hall–Kier alpha value is -0.860. The van der Waals surface area contributed by atoms with Crippen molar-refractivity contribution in [2.75, 3.05) is 6.54 Å². The smallest absolute Gasteiger partial charge is 0.0936 e. The first kappa shape index (κ1) is 13.6. The highest BCUT2D eigenvalue weighted by atomic mass is 16.3. The van der Waals surface area contributed by atoms with Gasteiger partial charge in [0.25, 0.3) is 0 Å². The van der Waals surface area contributed by atoms with E-state index < -0.39 is 5.60 Å². The SMILES string of the molecule is Cc1cc(C)cc(C(C)(O)C2(CN)CCCC2)c1. The van der Waals surface area contributed by atoms with E-state index in [2.05, 4.69) is 32.0 Å². The predicted molar refractivity (Wildman–Crippen MR) is 75.4 cm³/mol. The first-order valence-corrected chi connectivity index (χ1v) is 6.92. The van der Waals surface area contributed by atoms with Crippen LogP contribution in [-0.2, 0) is 5.60 Å². The van der Waals surface area contributed by atoms with E-state index in [1.807, 2.05) is 6.92 Å². The molecule has 0 bridgehead atoms. The summed E-state index contributed by atoms with van der Waals surface area (Å²) in [6, 6.07) is 6.34. The highest BCUT2D eigenvalue weighted by Gasteiger charge is 2.48. The van der Waals surface area contributed by atoms with Crippen LogP contribution < -0.4 is 5.73 Å². The predicted octanol–water partition coefficient (Wildman–Crippen LogP) is 3.03. The van der Waals surface area contributed by atoms with Crippen molar-refractivity contribution in [1.29, 1.82) is 0 Å². The molecule has 1 saturated carbocycles. The quantitative estimate of drug-likeness (QED) is 0.862. The Morgan fingerprint density at radius 3 is 2.11 bits per heavy atom. The number of rotatable bonds is 3. The van der Waals surface area contributed by atoms with Gasteiger partial charge in [-0.05, 0) is 39.2 Å². The third-order valence-corrected chi connectivity index (χ3v) is 4.77. The van der Waals surface area contributed by atoms with Crippen LogP contribution in [0.5, 0.6) is 0 Å². The Balaban J connectivity index is 2.45. The Bertz CT molecular complexity index is 410. The normalized spacial score (nSPS) is 21.8. The highest BCUT2D eigenvalue weighted by Crippen LogP contribution is 2.50. The highest BCUT2D eigenvalue weighted by molar-refractivity contribution is 5.34. The minimum atomic E-state index is -0.824. The molecule has 0 amide bonds. The molecule has 1 unspecified atom stereocenters. The lowest BCUT2D eigenvalue weighted by atomic mass is 9.67. The summed E-state index contributed by atoms with van der Waals surface area (Å²) in [7, 11) is 0. The molecule has 0 saturated heterocycles. The van der Waals surface area contributed by atoms with Gasteiger partial charge in [0.2, 0.25) is 0 Å². The summed E-state index contributed by atoms with van der Waals surface area (Å²) < 4.78 is 0. The summed E-state index contributed by atoms with van der Waals surface area (Å²) in [5.74, 6) is 0. The van der Waals surface area contributed by atoms with Crippen LogP contribution in [0.1, 0.15) is 49.3 Å². The molecule has 0 aromatic heterocycles. The van der Waals surface area contributed by atoms with Crippen LogP contribution in [0.3, 0.4) is 0 Å². The van der Waals surface area contributed by atoms with Crippen LogP contribution >= 0.6 is 0 Å². The van der Waals surface area contributed by atoms with E-state index >= 15 is 0 Å². The third-order valence-electron chi connectivity index (χ3n) is 4.77. The molecule has 1 atom stereocenters. The first-order chi connectivity index (χ1) is 8.41. The van der Waals surface area contributed by atoms with Crippen LogP contribution in [0.2, 0.25) is 0 Å². The second-order valence-corrected chi connectivity index (χ2v) is 6.14. The molecule has 1 fully saturated rings. The average Bonchev–Trinajstić information content (AvgIpc) is 2.77. The van der Waals surface area contributed by atoms with E-state index in [9.17, 15) is 5.11 Å². The van der Waals surface area contributed by atoms with Crippen LogP contribution in [0.25, 0.3) is 0 Å². The number of aliphatic hydroxyl groups is 1. The Kier molecular flexibility index (Phi) is 3.52. The molecule has 100 valence electrons. The Morgan fingerprint density at radius 1 is 1.17 bits per heavy atom. The fourth-order valence-electron chi connectivity index (χ4n) is 3.50. The van der Waals surface area contributed by atoms with Crippen LogP contribution in [0.15, 0.2) is 18.2 Å². The molecular weight excluding hydrogens is 222 g/mol. The Labute approximate surface area is 110 Å². The fourth-order valence-corrected chi connectivity index (χ4v) is 3.50. The van der Waals surface area contributed by atoms with Crippen molar-refractivity contribution in [3.8, 4) is 0 Å². The van der Waals surface area contributed by atoms with Gasteiger partial charge >= 0.3 is 0 Å². The molecule has 2 rings (SSSR count). The topological polar surface area (TPSA) is 46.2 Å². The molecule has 2 nitrogen and oxygen atoms in total. The van der Waals surface area contributed by atoms with Crippen molar-refractivity contribution in [2.24, 2.45) is 11.1 Å². The molecular formula is C16H25NO.